The molecule has 8 nitrogen and oxygen atoms in total. The molecule has 1 amide bonds. The van der Waals surface area contributed by atoms with Crippen LogP contribution in [0.4, 0.5) is 24.8 Å². The number of aromatic nitrogens is 4. The van der Waals surface area contributed by atoms with Crippen molar-refractivity contribution in [2.24, 2.45) is 7.05 Å². The van der Waals surface area contributed by atoms with E-state index >= 15 is 0 Å². The number of rotatable bonds is 7. The molecule has 0 aliphatic carbocycles. The zero-order chi connectivity index (χ0) is 22.9. The number of carbonyl (C=O) groups excluding carboxylic acids is 1. The minimum atomic E-state index is -4.55. The van der Waals surface area contributed by atoms with Crippen LogP contribution < -0.4 is 10.2 Å². The summed E-state index contributed by atoms with van der Waals surface area (Å²) in [7, 11) is 1.83. The van der Waals surface area contributed by atoms with E-state index in [1.54, 1.807) is 23.0 Å². The molecular formula is C21H21F3N6O2. The summed E-state index contributed by atoms with van der Waals surface area (Å²) < 4.78 is 42.1. The van der Waals surface area contributed by atoms with E-state index < -0.39 is 17.6 Å². The number of anilines is 2. The van der Waals surface area contributed by atoms with E-state index in [0.29, 0.717) is 18.7 Å². The average Bonchev–Trinajstić information content (AvgIpc) is 3.32. The summed E-state index contributed by atoms with van der Waals surface area (Å²) in [6, 6.07) is 7.09. The lowest BCUT2D eigenvalue weighted by molar-refractivity contribution is -0.138. The number of hydrogen-bond donors (Lipinski definition) is 2. The van der Waals surface area contributed by atoms with Crippen molar-refractivity contribution in [2.75, 3.05) is 23.4 Å². The third-order valence-corrected chi connectivity index (χ3v) is 5.28. The van der Waals surface area contributed by atoms with Gasteiger partial charge in [0.25, 0.3) is 5.91 Å². The molecule has 4 rings (SSSR count). The Kier molecular flexibility index (Phi) is 5.83. The number of halogens is 3. The van der Waals surface area contributed by atoms with Crippen molar-refractivity contribution in [3.63, 3.8) is 0 Å². The van der Waals surface area contributed by atoms with Crippen LogP contribution in [-0.4, -0.2) is 43.9 Å². The van der Waals surface area contributed by atoms with Crippen LogP contribution in [0.5, 0.6) is 0 Å². The smallest absolute Gasteiger partial charge is 0.395 e. The van der Waals surface area contributed by atoms with Gasteiger partial charge in [-0.2, -0.15) is 13.2 Å². The Balaban J connectivity index is 1.66. The van der Waals surface area contributed by atoms with Gasteiger partial charge in [0, 0.05) is 25.6 Å². The van der Waals surface area contributed by atoms with Crippen molar-refractivity contribution in [2.45, 2.75) is 25.6 Å². The molecule has 0 radical (unpaired) electrons. The minimum absolute atomic E-state index is 0.0241. The van der Waals surface area contributed by atoms with Crippen molar-refractivity contribution in [1.29, 1.82) is 0 Å². The first-order chi connectivity index (χ1) is 15.3. The highest BCUT2D eigenvalue weighted by Gasteiger charge is 2.40. The Labute approximate surface area is 181 Å². The topological polar surface area (TPSA) is 96.2 Å². The molecule has 11 heteroatoms. The number of amides is 1. The van der Waals surface area contributed by atoms with Crippen LogP contribution in [0.25, 0.3) is 0 Å². The molecule has 2 N–H and O–H groups in total. The predicted molar refractivity (Wildman–Crippen MR) is 110 cm³/mol. The quantitative estimate of drug-likeness (QED) is 0.579. The van der Waals surface area contributed by atoms with Crippen LogP contribution in [0.3, 0.4) is 0 Å². The van der Waals surface area contributed by atoms with Crippen molar-refractivity contribution in [3.05, 3.63) is 64.7 Å². The lowest BCUT2D eigenvalue weighted by Crippen LogP contribution is -2.25. The first-order valence-corrected chi connectivity index (χ1v) is 9.97. The minimum Gasteiger partial charge on any atom is -0.395 e. The highest BCUT2D eigenvalue weighted by molar-refractivity contribution is 6.10. The highest BCUT2D eigenvalue weighted by Crippen LogP contribution is 2.38. The van der Waals surface area contributed by atoms with Gasteiger partial charge in [-0.25, -0.2) is 4.98 Å². The first kappa shape index (κ1) is 21.8. The SMILES string of the molecule is Cn1cnnc1CCc1cc(NCCO)nc(N2Cc3c(cccc3C(F)(F)F)C2=O)c1. The number of benzene rings is 1. The van der Waals surface area contributed by atoms with E-state index in [1.165, 1.54) is 17.0 Å². The van der Waals surface area contributed by atoms with E-state index in [1.807, 2.05) is 7.05 Å². The summed E-state index contributed by atoms with van der Waals surface area (Å²) in [5.41, 5.74) is -0.0294. The maximum absolute atomic E-state index is 13.4. The van der Waals surface area contributed by atoms with Crippen molar-refractivity contribution in [1.82, 2.24) is 19.7 Å². The van der Waals surface area contributed by atoms with Crippen LogP contribution in [0.15, 0.2) is 36.7 Å². The molecule has 0 fully saturated rings. The van der Waals surface area contributed by atoms with E-state index in [9.17, 15) is 18.0 Å². The Morgan fingerprint density at radius 2 is 2.03 bits per heavy atom. The van der Waals surface area contributed by atoms with Gasteiger partial charge in [0.05, 0.1) is 18.7 Å². The summed E-state index contributed by atoms with van der Waals surface area (Å²) in [5.74, 6) is 0.907. The number of pyridine rings is 1. The van der Waals surface area contributed by atoms with Crippen molar-refractivity contribution >= 4 is 17.5 Å². The number of nitrogens with zero attached hydrogens (tertiary/aromatic N) is 5. The molecule has 0 saturated carbocycles. The van der Waals surface area contributed by atoms with Gasteiger partial charge in [0.1, 0.15) is 23.8 Å². The molecule has 0 spiro atoms. The number of alkyl halides is 3. The second kappa shape index (κ2) is 8.58. The zero-order valence-corrected chi connectivity index (χ0v) is 17.2. The van der Waals surface area contributed by atoms with Crippen LogP contribution in [0.2, 0.25) is 0 Å². The molecule has 0 saturated heterocycles. The molecule has 2 aromatic heterocycles. The number of aryl methyl sites for hydroxylation is 3. The highest BCUT2D eigenvalue weighted by atomic mass is 19.4. The molecular weight excluding hydrogens is 425 g/mol. The maximum atomic E-state index is 13.4. The summed E-state index contributed by atoms with van der Waals surface area (Å²) in [6.45, 7) is -0.0994. The first-order valence-electron chi connectivity index (χ1n) is 9.97. The Hall–Kier alpha value is -3.47. The van der Waals surface area contributed by atoms with E-state index in [0.717, 1.165) is 17.5 Å². The summed E-state index contributed by atoms with van der Waals surface area (Å²) in [5, 5.41) is 20.0. The fourth-order valence-electron chi connectivity index (χ4n) is 3.70. The molecule has 3 aromatic rings. The maximum Gasteiger partial charge on any atom is 0.416 e. The number of fused-ring (bicyclic) bond motifs is 1. The van der Waals surface area contributed by atoms with Gasteiger partial charge in [-0.1, -0.05) is 6.07 Å². The summed E-state index contributed by atoms with van der Waals surface area (Å²) in [6.07, 6.45) is -1.83. The number of hydrogen-bond acceptors (Lipinski definition) is 6. The average molecular weight is 446 g/mol. The van der Waals surface area contributed by atoms with Crippen LogP contribution >= 0.6 is 0 Å². The largest absolute Gasteiger partial charge is 0.416 e. The predicted octanol–water partition coefficient (Wildman–Crippen LogP) is 2.58. The molecule has 32 heavy (non-hydrogen) atoms. The van der Waals surface area contributed by atoms with Gasteiger partial charge in [0.2, 0.25) is 0 Å². The normalized spacial score (nSPS) is 13.5. The lowest BCUT2D eigenvalue weighted by Gasteiger charge is -2.18. The Bertz CT molecular complexity index is 1140. The van der Waals surface area contributed by atoms with E-state index in [4.69, 9.17) is 5.11 Å². The monoisotopic (exact) mass is 446 g/mol. The molecule has 0 atom stereocenters. The zero-order valence-electron chi connectivity index (χ0n) is 17.2. The van der Waals surface area contributed by atoms with Crippen LogP contribution in [-0.2, 0) is 32.6 Å². The molecule has 1 aromatic carbocycles. The molecule has 1 aliphatic rings. The van der Waals surface area contributed by atoms with Crippen LogP contribution in [0, 0.1) is 0 Å². The van der Waals surface area contributed by atoms with E-state index in [-0.39, 0.29) is 36.6 Å². The molecule has 0 unspecified atom stereocenters. The van der Waals surface area contributed by atoms with Gasteiger partial charge in [0.15, 0.2) is 0 Å². The Morgan fingerprint density at radius 3 is 2.72 bits per heavy atom. The van der Waals surface area contributed by atoms with Crippen LogP contribution in [0.1, 0.15) is 32.9 Å². The molecule has 168 valence electrons. The third-order valence-electron chi connectivity index (χ3n) is 5.28. The molecule has 0 bridgehead atoms. The number of aliphatic hydroxyl groups is 1. The fourth-order valence-corrected chi connectivity index (χ4v) is 3.70. The fraction of sp³-hybridized carbons (Fsp3) is 0.333. The number of carbonyl (C=O) groups is 1. The summed E-state index contributed by atoms with van der Waals surface area (Å²) >= 11 is 0. The lowest BCUT2D eigenvalue weighted by atomic mass is 10.0. The van der Waals surface area contributed by atoms with Crippen molar-refractivity contribution < 1.29 is 23.1 Å². The van der Waals surface area contributed by atoms with Gasteiger partial charge in [-0.15, -0.1) is 10.2 Å². The Morgan fingerprint density at radius 1 is 1.22 bits per heavy atom. The second-order valence-corrected chi connectivity index (χ2v) is 7.45. The van der Waals surface area contributed by atoms with Crippen molar-refractivity contribution in [3.8, 4) is 0 Å². The molecule has 3 heterocycles. The van der Waals surface area contributed by atoms with E-state index in [2.05, 4.69) is 20.5 Å². The number of nitrogens with one attached hydrogen (secondary N) is 1. The second-order valence-electron chi connectivity index (χ2n) is 7.45. The third kappa shape index (κ3) is 4.28. The summed E-state index contributed by atoms with van der Waals surface area (Å²) in [4.78, 5) is 18.6. The molecule has 1 aliphatic heterocycles. The van der Waals surface area contributed by atoms with Gasteiger partial charge in [-0.05, 0) is 41.8 Å². The number of aliphatic hydroxyl groups excluding tert-OH is 1. The van der Waals surface area contributed by atoms with Gasteiger partial charge in [-0.3, -0.25) is 9.69 Å². The van der Waals surface area contributed by atoms with Gasteiger partial charge < -0.3 is 15.0 Å². The van der Waals surface area contributed by atoms with Gasteiger partial charge >= 0.3 is 6.18 Å². The standard InChI is InChI=1S/C21H21F3N6O2/c1-29-12-26-28-18(29)6-5-13-9-17(25-7-8-31)27-19(10-13)30-11-15-14(20(30)32)3-2-4-16(15)21(22,23)24/h2-4,9-10,12,31H,5-8,11H2,1H3,(H,25,27).